The lowest BCUT2D eigenvalue weighted by Gasteiger charge is -2.24. The third-order valence-electron chi connectivity index (χ3n) is 9.53. The molecule has 0 bridgehead atoms. The van der Waals surface area contributed by atoms with Crippen LogP contribution in [-0.4, -0.2) is 74.9 Å². The summed E-state index contributed by atoms with van der Waals surface area (Å²) < 4.78 is 34.3. The Balaban J connectivity index is 4.34. The van der Waals surface area contributed by atoms with Crippen molar-refractivity contribution in [1.82, 2.24) is 0 Å². The second kappa shape index (κ2) is 40.1. The van der Waals surface area contributed by atoms with Crippen molar-refractivity contribution in [3.05, 3.63) is 60.8 Å². The number of hydrogen-bond donors (Lipinski definition) is 1. The van der Waals surface area contributed by atoms with E-state index in [1.165, 1.54) is 70.6 Å². The van der Waals surface area contributed by atoms with Crippen LogP contribution >= 0.6 is 7.82 Å². The van der Waals surface area contributed by atoms with Gasteiger partial charge in [0.25, 0.3) is 0 Å². The van der Waals surface area contributed by atoms with Gasteiger partial charge < -0.3 is 18.9 Å². The quantitative estimate of drug-likeness (QED) is 0.0213. The van der Waals surface area contributed by atoms with E-state index in [1.54, 1.807) is 0 Å². The highest BCUT2D eigenvalue weighted by atomic mass is 31.2. The van der Waals surface area contributed by atoms with Crippen molar-refractivity contribution in [2.24, 2.45) is 0 Å². The molecule has 9 nitrogen and oxygen atoms in total. The Labute approximate surface area is 356 Å². The predicted molar refractivity (Wildman–Crippen MR) is 243 cm³/mol. The zero-order valence-corrected chi connectivity index (χ0v) is 38.7. The fraction of sp³-hybridized carbons (Fsp3) is 0.750. The molecule has 0 aromatic heterocycles. The number of allylic oxidation sites excluding steroid dienone is 10. The molecular weight excluding hydrogens is 750 g/mol. The number of quaternary nitrogens is 1. The number of nitrogens with zero attached hydrogens (tertiary/aromatic N) is 1. The number of hydrogen-bond acceptors (Lipinski definition) is 7. The van der Waals surface area contributed by atoms with Gasteiger partial charge >= 0.3 is 19.8 Å². The molecule has 58 heavy (non-hydrogen) atoms. The van der Waals surface area contributed by atoms with Gasteiger partial charge in [-0.05, 0) is 77.0 Å². The van der Waals surface area contributed by atoms with Crippen molar-refractivity contribution in [3.63, 3.8) is 0 Å². The average molecular weight is 837 g/mol. The molecule has 0 aliphatic heterocycles. The molecule has 1 N–H and O–H groups in total. The van der Waals surface area contributed by atoms with Crippen LogP contribution in [0.1, 0.15) is 181 Å². The van der Waals surface area contributed by atoms with Gasteiger partial charge in [0.15, 0.2) is 6.10 Å². The lowest BCUT2D eigenvalue weighted by atomic mass is 10.1. The Morgan fingerprint density at radius 2 is 0.983 bits per heavy atom. The summed E-state index contributed by atoms with van der Waals surface area (Å²) in [5, 5.41) is 0. The van der Waals surface area contributed by atoms with Gasteiger partial charge in [0.05, 0.1) is 27.7 Å². The van der Waals surface area contributed by atoms with E-state index in [0.717, 1.165) is 77.0 Å². The Kier molecular flexibility index (Phi) is 38.5. The summed E-state index contributed by atoms with van der Waals surface area (Å²) >= 11 is 0. The summed E-state index contributed by atoms with van der Waals surface area (Å²) in [6.45, 7) is 4.26. The maximum absolute atomic E-state index is 12.7. The lowest BCUT2D eigenvalue weighted by Crippen LogP contribution is -2.37. The molecule has 0 aromatic carbocycles. The molecule has 336 valence electrons. The zero-order chi connectivity index (χ0) is 42.8. The molecule has 0 aromatic rings. The minimum Gasteiger partial charge on any atom is -0.462 e. The lowest BCUT2D eigenvalue weighted by molar-refractivity contribution is -0.870. The van der Waals surface area contributed by atoms with Gasteiger partial charge in [0, 0.05) is 12.8 Å². The van der Waals surface area contributed by atoms with Crippen LogP contribution in [-0.2, 0) is 32.7 Å². The van der Waals surface area contributed by atoms with Crippen LogP contribution in [0.4, 0.5) is 0 Å². The van der Waals surface area contributed by atoms with Crippen LogP contribution < -0.4 is 0 Å². The standard InChI is InChI=1S/C48H86NO8P/c1-6-8-10-12-14-16-18-20-22-23-24-25-27-28-30-32-34-36-38-40-47(50)54-44-46(45-56-58(52,53)55-43-42-49(3,4)5)57-48(51)41-39-37-35-33-31-29-26-21-19-17-15-13-11-9-7-2/h9,11,14-17,20-22,26,46H,6-8,10,12-13,18-19,23-25,27-45H2,1-5H3/p+1/b11-9-,16-14-,17-15-,22-20-,26-21-. The largest absolute Gasteiger partial charge is 0.472 e. The molecule has 0 aliphatic carbocycles. The van der Waals surface area contributed by atoms with Crippen molar-refractivity contribution in [3.8, 4) is 0 Å². The molecule has 0 radical (unpaired) electrons. The van der Waals surface area contributed by atoms with Crippen molar-refractivity contribution in [2.75, 3.05) is 47.5 Å². The monoisotopic (exact) mass is 837 g/mol. The fourth-order valence-corrected chi connectivity index (χ4v) is 6.68. The SMILES string of the molecule is CC/C=C\C/C=C\C/C=C\CCCCCCCC(=O)OC(COC(=O)CCCCCCCCCCC/C=C\C/C=C\CCCCC)COP(=O)(O)OCC[N+](C)(C)C. The third kappa shape index (κ3) is 43.3. The van der Waals surface area contributed by atoms with Crippen LogP contribution in [0.2, 0.25) is 0 Å². The van der Waals surface area contributed by atoms with E-state index in [-0.39, 0.29) is 32.0 Å². The number of ether oxygens (including phenoxy) is 2. The van der Waals surface area contributed by atoms with Crippen LogP contribution in [0, 0.1) is 0 Å². The van der Waals surface area contributed by atoms with E-state index < -0.39 is 26.5 Å². The smallest absolute Gasteiger partial charge is 0.462 e. The van der Waals surface area contributed by atoms with E-state index in [2.05, 4.69) is 74.6 Å². The number of esters is 2. The first-order valence-corrected chi connectivity index (χ1v) is 24.5. The summed E-state index contributed by atoms with van der Waals surface area (Å²) in [5.41, 5.74) is 0. The zero-order valence-electron chi connectivity index (χ0n) is 37.8. The summed E-state index contributed by atoms with van der Waals surface area (Å²) in [6, 6.07) is 0. The molecule has 0 spiro atoms. The molecule has 0 fully saturated rings. The van der Waals surface area contributed by atoms with E-state index in [1.807, 2.05) is 21.1 Å². The van der Waals surface area contributed by atoms with Gasteiger partial charge in [0.1, 0.15) is 19.8 Å². The minimum atomic E-state index is -4.38. The van der Waals surface area contributed by atoms with Crippen molar-refractivity contribution >= 4 is 19.8 Å². The Morgan fingerprint density at radius 1 is 0.552 bits per heavy atom. The molecule has 0 heterocycles. The fourth-order valence-electron chi connectivity index (χ4n) is 5.94. The summed E-state index contributed by atoms with van der Waals surface area (Å²) in [4.78, 5) is 35.4. The highest BCUT2D eigenvalue weighted by molar-refractivity contribution is 7.47. The Hall–Kier alpha value is -2.29. The summed E-state index contributed by atoms with van der Waals surface area (Å²) in [7, 11) is 1.45. The third-order valence-corrected chi connectivity index (χ3v) is 10.5. The first kappa shape index (κ1) is 55.7. The minimum absolute atomic E-state index is 0.0249. The van der Waals surface area contributed by atoms with Gasteiger partial charge in [-0.25, -0.2) is 4.57 Å². The molecule has 0 aliphatic rings. The number of phosphoric acid groups is 1. The highest BCUT2D eigenvalue weighted by Gasteiger charge is 2.27. The highest BCUT2D eigenvalue weighted by Crippen LogP contribution is 2.43. The number of carbonyl (C=O) groups is 2. The molecule has 10 heteroatoms. The molecule has 0 rings (SSSR count). The maximum atomic E-state index is 12.7. The Bertz CT molecular complexity index is 1170. The van der Waals surface area contributed by atoms with Gasteiger partial charge in [-0.3, -0.25) is 18.6 Å². The van der Waals surface area contributed by atoms with Crippen LogP contribution in [0.15, 0.2) is 60.8 Å². The number of unbranched alkanes of at least 4 members (excludes halogenated alkanes) is 17. The number of carbonyl (C=O) groups excluding carboxylic acids is 2. The van der Waals surface area contributed by atoms with E-state index in [9.17, 15) is 19.0 Å². The molecule has 0 amide bonds. The van der Waals surface area contributed by atoms with Crippen molar-refractivity contribution < 1.29 is 42.1 Å². The second-order valence-electron chi connectivity index (χ2n) is 16.4. The van der Waals surface area contributed by atoms with Crippen molar-refractivity contribution in [1.29, 1.82) is 0 Å². The second-order valence-corrected chi connectivity index (χ2v) is 17.9. The number of rotatable bonds is 41. The summed E-state index contributed by atoms with van der Waals surface area (Å²) in [5.74, 6) is -0.825. The molecular formula is C48H87NO8P+. The van der Waals surface area contributed by atoms with E-state index >= 15 is 0 Å². The maximum Gasteiger partial charge on any atom is 0.472 e. The van der Waals surface area contributed by atoms with Gasteiger partial charge in [-0.2, -0.15) is 0 Å². The molecule has 2 atom stereocenters. The van der Waals surface area contributed by atoms with Gasteiger partial charge in [-0.1, -0.05) is 152 Å². The molecule has 0 saturated heterocycles. The van der Waals surface area contributed by atoms with Crippen LogP contribution in [0.3, 0.4) is 0 Å². The first-order valence-electron chi connectivity index (χ1n) is 23.0. The average Bonchev–Trinajstić information content (AvgIpc) is 3.17. The predicted octanol–water partition coefficient (Wildman–Crippen LogP) is 13.2. The van der Waals surface area contributed by atoms with Gasteiger partial charge in [-0.15, -0.1) is 0 Å². The van der Waals surface area contributed by atoms with E-state index in [4.69, 9.17) is 18.5 Å². The van der Waals surface area contributed by atoms with Gasteiger partial charge in [0.2, 0.25) is 0 Å². The number of likely N-dealkylation sites (N-methyl/N-ethyl adjacent to an activating group) is 1. The van der Waals surface area contributed by atoms with Crippen LogP contribution in [0.25, 0.3) is 0 Å². The molecule has 2 unspecified atom stereocenters. The normalized spacial score (nSPS) is 14.1. The Morgan fingerprint density at radius 3 is 1.47 bits per heavy atom. The topological polar surface area (TPSA) is 108 Å². The number of phosphoric ester groups is 1. The summed E-state index contributed by atoms with van der Waals surface area (Å²) in [6.07, 6.45) is 48.3. The van der Waals surface area contributed by atoms with Crippen LogP contribution in [0.5, 0.6) is 0 Å². The first-order chi connectivity index (χ1) is 28.0. The van der Waals surface area contributed by atoms with Crippen molar-refractivity contribution in [2.45, 2.75) is 187 Å². The van der Waals surface area contributed by atoms with E-state index in [0.29, 0.717) is 17.4 Å². The molecule has 0 saturated carbocycles.